The highest BCUT2D eigenvalue weighted by atomic mass is 32.2. The van der Waals surface area contributed by atoms with E-state index in [0.29, 0.717) is 4.90 Å². The molecule has 0 aromatic heterocycles. The fourth-order valence-corrected chi connectivity index (χ4v) is 2.77. The number of aryl methyl sites for hydroxylation is 1. The molecule has 0 bridgehead atoms. The molecule has 0 aliphatic heterocycles. The van der Waals surface area contributed by atoms with E-state index in [4.69, 9.17) is 0 Å². The summed E-state index contributed by atoms with van der Waals surface area (Å²) in [4.78, 5) is 12.6. The van der Waals surface area contributed by atoms with Gasteiger partial charge in [0.1, 0.15) is 0 Å². The van der Waals surface area contributed by atoms with Crippen molar-refractivity contribution in [3.63, 3.8) is 0 Å². The fourth-order valence-electron chi connectivity index (χ4n) is 1.88. The Balaban J connectivity index is 1.97. The Hall–Kier alpha value is -1.88. The first kappa shape index (κ1) is 16.5. The molecule has 0 heterocycles. The molecule has 0 saturated carbocycles. The van der Waals surface area contributed by atoms with Gasteiger partial charge in [-0.2, -0.15) is 0 Å². The van der Waals surface area contributed by atoms with Crippen LogP contribution in [0.2, 0.25) is 0 Å². The first-order chi connectivity index (χ1) is 10.5. The minimum absolute atomic E-state index is 0.181. The van der Waals surface area contributed by atoms with Crippen molar-refractivity contribution in [1.29, 1.82) is 0 Å². The Bertz CT molecular complexity index is 658. The summed E-state index contributed by atoms with van der Waals surface area (Å²) in [6.07, 6.45) is 0.941. The van der Waals surface area contributed by atoms with E-state index in [1.807, 2.05) is 24.3 Å². The lowest BCUT2D eigenvalue weighted by molar-refractivity contribution is -0.115. The number of halogens is 2. The van der Waals surface area contributed by atoms with Crippen LogP contribution in [0.5, 0.6) is 0 Å². The van der Waals surface area contributed by atoms with Crippen molar-refractivity contribution in [3.8, 4) is 0 Å². The lowest BCUT2D eigenvalue weighted by Gasteiger charge is -2.12. The van der Waals surface area contributed by atoms with Gasteiger partial charge in [0.05, 0.1) is 5.25 Å². The van der Waals surface area contributed by atoms with Crippen LogP contribution in [0.25, 0.3) is 0 Å². The summed E-state index contributed by atoms with van der Waals surface area (Å²) in [6, 6.07) is 11.2. The van der Waals surface area contributed by atoms with Gasteiger partial charge in [-0.3, -0.25) is 4.79 Å². The van der Waals surface area contributed by atoms with Crippen molar-refractivity contribution in [1.82, 2.24) is 0 Å². The lowest BCUT2D eigenvalue weighted by atomic mass is 10.1. The summed E-state index contributed by atoms with van der Waals surface area (Å²) in [5.74, 6) is -1.98. The zero-order valence-electron chi connectivity index (χ0n) is 12.4. The van der Waals surface area contributed by atoms with Crippen molar-refractivity contribution >= 4 is 23.4 Å². The molecular weight excluding hydrogens is 304 g/mol. The summed E-state index contributed by atoms with van der Waals surface area (Å²) in [6.45, 7) is 3.79. The van der Waals surface area contributed by atoms with Crippen molar-refractivity contribution in [2.45, 2.75) is 30.4 Å². The predicted molar refractivity (Wildman–Crippen MR) is 86.1 cm³/mol. The quantitative estimate of drug-likeness (QED) is 0.812. The molecule has 0 radical (unpaired) electrons. The van der Waals surface area contributed by atoms with Gasteiger partial charge in [-0.25, -0.2) is 8.78 Å². The fraction of sp³-hybridized carbons (Fsp3) is 0.235. The maximum absolute atomic E-state index is 13.2. The third-order valence-electron chi connectivity index (χ3n) is 3.20. The largest absolute Gasteiger partial charge is 0.325 e. The standard InChI is InChI=1S/C17H17F2NOS/c1-3-12-4-6-13(7-5-12)20-17(21)11(2)22-14-8-9-15(18)16(19)10-14/h4-11H,3H2,1-2H3,(H,20,21)/t11-/m0/s1. The van der Waals surface area contributed by atoms with Gasteiger partial charge < -0.3 is 5.32 Å². The molecule has 0 spiro atoms. The van der Waals surface area contributed by atoms with Crippen molar-refractivity contribution in [2.75, 3.05) is 5.32 Å². The van der Waals surface area contributed by atoms with E-state index in [2.05, 4.69) is 12.2 Å². The summed E-state index contributed by atoms with van der Waals surface area (Å²) in [7, 11) is 0. The predicted octanol–water partition coefficient (Wildman–Crippen LogP) is 4.65. The average Bonchev–Trinajstić information content (AvgIpc) is 2.51. The number of carbonyl (C=O) groups excluding carboxylic acids is 1. The normalized spacial score (nSPS) is 12.0. The van der Waals surface area contributed by atoms with E-state index in [1.165, 1.54) is 23.4 Å². The van der Waals surface area contributed by atoms with Gasteiger partial charge in [-0.15, -0.1) is 11.8 Å². The molecule has 2 aromatic carbocycles. The molecular formula is C17H17F2NOS. The van der Waals surface area contributed by atoms with E-state index < -0.39 is 16.9 Å². The highest BCUT2D eigenvalue weighted by Crippen LogP contribution is 2.25. The minimum atomic E-state index is -0.909. The second kappa shape index (κ2) is 7.40. The number of hydrogen-bond acceptors (Lipinski definition) is 2. The molecule has 2 aromatic rings. The summed E-state index contributed by atoms with van der Waals surface area (Å²) in [5.41, 5.74) is 1.92. The van der Waals surface area contributed by atoms with Crippen LogP contribution in [-0.4, -0.2) is 11.2 Å². The molecule has 1 N–H and O–H groups in total. The smallest absolute Gasteiger partial charge is 0.237 e. The molecule has 2 nitrogen and oxygen atoms in total. The molecule has 2 rings (SSSR count). The van der Waals surface area contributed by atoms with Gasteiger partial charge in [-0.1, -0.05) is 19.1 Å². The highest BCUT2D eigenvalue weighted by molar-refractivity contribution is 8.00. The second-order valence-electron chi connectivity index (χ2n) is 4.88. The van der Waals surface area contributed by atoms with Gasteiger partial charge in [0.2, 0.25) is 5.91 Å². The Labute approximate surface area is 132 Å². The SMILES string of the molecule is CCc1ccc(NC(=O)[C@H](C)Sc2ccc(F)c(F)c2)cc1. The van der Waals surface area contributed by atoms with E-state index >= 15 is 0 Å². The molecule has 5 heteroatoms. The molecule has 0 unspecified atom stereocenters. The van der Waals surface area contributed by atoms with E-state index in [-0.39, 0.29) is 5.91 Å². The van der Waals surface area contributed by atoms with Gasteiger partial charge in [0.25, 0.3) is 0 Å². The van der Waals surface area contributed by atoms with Crippen LogP contribution in [0, 0.1) is 11.6 Å². The molecule has 0 fully saturated rings. The average molecular weight is 321 g/mol. The van der Waals surface area contributed by atoms with Crippen molar-refractivity contribution < 1.29 is 13.6 Å². The number of anilines is 1. The topological polar surface area (TPSA) is 29.1 Å². The molecule has 116 valence electrons. The summed E-state index contributed by atoms with van der Waals surface area (Å²) in [5, 5.41) is 2.39. The van der Waals surface area contributed by atoms with E-state index in [0.717, 1.165) is 24.2 Å². The zero-order valence-corrected chi connectivity index (χ0v) is 13.2. The number of hydrogen-bond donors (Lipinski definition) is 1. The number of nitrogens with one attached hydrogen (secondary N) is 1. The maximum atomic E-state index is 13.2. The van der Waals surface area contributed by atoms with Crippen molar-refractivity contribution in [2.24, 2.45) is 0 Å². The van der Waals surface area contributed by atoms with Crippen LogP contribution in [0.3, 0.4) is 0 Å². The number of carbonyl (C=O) groups is 1. The molecule has 22 heavy (non-hydrogen) atoms. The minimum Gasteiger partial charge on any atom is -0.325 e. The third kappa shape index (κ3) is 4.31. The van der Waals surface area contributed by atoms with Crippen LogP contribution in [0.1, 0.15) is 19.4 Å². The van der Waals surface area contributed by atoms with Gasteiger partial charge in [-0.05, 0) is 49.2 Å². The van der Waals surface area contributed by atoms with E-state index in [9.17, 15) is 13.6 Å². The second-order valence-corrected chi connectivity index (χ2v) is 6.29. The van der Waals surface area contributed by atoms with E-state index in [1.54, 1.807) is 6.92 Å². The van der Waals surface area contributed by atoms with Crippen LogP contribution >= 0.6 is 11.8 Å². The highest BCUT2D eigenvalue weighted by Gasteiger charge is 2.15. The first-order valence-electron chi connectivity index (χ1n) is 7.01. The Kier molecular flexibility index (Phi) is 5.55. The number of amides is 1. The molecule has 0 aliphatic carbocycles. The van der Waals surface area contributed by atoms with Gasteiger partial charge >= 0.3 is 0 Å². The van der Waals surface area contributed by atoms with Crippen LogP contribution in [-0.2, 0) is 11.2 Å². The summed E-state index contributed by atoms with van der Waals surface area (Å²) >= 11 is 1.18. The number of thioether (sulfide) groups is 1. The molecule has 0 aliphatic rings. The van der Waals surface area contributed by atoms with Crippen LogP contribution < -0.4 is 5.32 Å². The first-order valence-corrected chi connectivity index (χ1v) is 7.89. The molecule has 0 saturated heterocycles. The van der Waals surface area contributed by atoms with Gasteiger partial charge in [0.15, 0.2) is 11.6 Å². The van der Waals surface area contributed by atoms with Crippen LogP contribution in [0.15, 0.2) is 47.4 Å². The summed E-state index contributed by atoms with van der Waals surface area (Å²) < 4.78 is 26.0. The zero-order chi connectivity index (χ0) is 16.1. The Morgan fingerprint density at radius 2 is 1.82 bits per heavy atom. The number of rotatable bonds is 5. The van der Waals surface area contributed by atoms with Gasteiger partial charge in [0, 0.05) is 10.6 Å². The molecule has 1 atom stereocenters. The monoisotopic (exact) mass is 321 g/mol. The van der Waals surface area contributed by atoms with Crippen LogP contribution in [0.4, 0.5) is 14.5 Å². The van der Waals surface area contributed by atoms with Crippen molar-refractivity contribution in [3.05, 3.63) is 59.7 Å². The lowest BCUT2D eigenvalue weighted by Crippen LogP contribution is -2.22. The maximum Gasteiger partial charge on any atom is 0.237 e. The molecule has 1 amide bonds. The number of benzene rings is 2. The Morgan fingerprint density at radius 3 is 2.41 bits per heavy atom. The Morgan fingerprint density at radius 1 is 1.14 bits per heavy atom. The third-order valence-corrected chi connectivity index (χ3v) is 4.30.